The van der Waals surface area contributed by atoms with Gasteiger partial charge in [0.1, 0.15) is 24.4 Å². The third-order valence-electron chi connectivity index (χ3n) is 13.2. The molecular weight excluding hydrogens is 875 g/mol. The molecule has 7 unspecified atom stereocenters. The molecule has 0 aromatic heterocycles. The van der Waals surface area contributed by atoms with Gasteiger partial charge >= 0.3 is 0 Å². The summed E-state index contributed by atoms with van der Waals surface area (Å²) in [5, 5.41) is 54.1. The first-order valence-corrected chi connectivity index (χ1v) is 28.8. The molecule has 1 saturated heterocycles. The molecule has 7 atom stereocenters. The first kappa shape index (κ1) is 65.4. The normalized spacial score (nSPS) is 20.0. The lowest BCUT2D eigenvalue weighted by Crippen LogP contribution is -2.60. The summed E-state index contributed by atoms with van der Waals surface area (Å²) >= 11 is 0. The van der Waals surface area contributed by atoms with Gasteiger partial charge in [0.2, 0.25) is 5.91 Å². The molecule has 1 aliphatic heterocycles. The van der Waals surface area contributed by atoms with E-state index in [-0.39, 0.29) is 12.5 Å². The van der Waals surface area contributed by atoms with Crippen molar-refractivity contribution < 1.29 is 39.8 Å². The molecule has 1 fully saturated rings. The molecule has 1 amide bonds. The van der Waals surface area contributed by atoms with Gasteiger partial charge in [-0.25, -0.2) is 0 Å². The van der Waals surface area contributed by atoms with Crippen molar-refractivity contribution >= 4 is 5.91 Å². The zero-order chi connectivity index (χ0) is 50.8. The highest BCUT2D eigenvalue weighted by Crippen LogP contribution is 2.23. The van der Waals surface area contributed by atoms with Crippen molar-refractivity contribution in [2.75, 3.05) is 13.2 Å². The van der Waals surface area contributed by atoms with Gasteiger partial charge in [0.05, 0.1) is 25.4 Å². The van der Waals surface area contributed by atoms with Gasteiger partial charge in [-0.2, -0.15) is 0 Å². The molecule has 9 heteroatoms. The number of amides is 1. The topological polar surface area (TPSA) is 149 Å². The summed E-state index contributed by atoms with van der Waals surface area (Å²) in [6.45, 7) is 3.56. The third kappa shape index (κ3) is 39.0. The highest BCUT2D eigenvalue weighted by atomic mass is 16.7. The number of allylic oxidation sites excluding steroid dienone is 13. The standard InChI is InChI=1S/C61H107NO8/c1-3-5-7-9-11-13-14-15-16-17-18-19-20-21-22-23-24-25-26-27-28-29-30-31-32-33-34-35-36-37-38-39-40-41-42-43-45-47-49-51-57(65)62-54(55(64)50-48-46-44-12-10-8-6-4-2)53-69-61-60(68)59(67)58(66)56(52-63)70-61/h5,7,10-13,15-16,18-19,21-22,48,50,54-56,58-61,63-64,66-68H,3-4,6,8-9,14,17,20,23-47,49,51-53H2,1-2H3,(H,62,65)/b7-5-,12-10+,13-11-,16-15-,19-18-,22-21-,50-48+. The number of aliphatic hydroxyl groups is 5. The number of hydrogen-bond acceptors (Lipinski definition) is 8. The Morgan fingerprint density at radius 2 is 0.900 bits per heavy atom. The molecule has 0 spiro atoms. The van der Waals surface area contributed by atoms with Crippen LogP contribution in [0.1, 0.15) is 239 Å². The van der Waals surface area contributed by atoms with Crippen molar-refractivity contribution in [2.24, 2.45) is 0 Å². The molecule has 1 rings (SSSR count). The first-order chi connectivity index (χ1) is 34.3. The van der Waals surface area contributed by atoms with Crippen LogP contribution in [0, 0.1) is 0 Å². The number of carbonyl (C=O) groups excluding carboxylic acids is 1. The van der Waals surface area contributed by atoms with Gasteiger partial charge in [0.15, 0.2) is 6.29 Å². The van der Waals surface area contributed by atoms with E-state index in [0.717, 1.165) is 83.5 Å². The van der Waals surface area contributed by atoms with E-state index in [1.165, 1.54) is 135 Å². The monoisotopic (exact) mass is 982 g/mol. The van der Waals surface area contributed by atoms with Gasteiger partial charge in [-0.15, -0.1) is 0 Å². The number of unbranched alkanes of at least 4 members (excludes halogenated alkanes) is 26. The Bertz CT molecular complexity index is 1370. The van der Waals surface area contributed by atoms with Crippen LogP contribution in [0.25, 0.3) is 0 Å². The SMILES string of the molecule is CC/C=C\C/C=C\C/C=C\C/C=C\C/C=C\CCCCCCCCCCCCCCCCCCCCCCCCCC(=O)NC(COC1OC(CO)C(O)C(O)C1O)C(O)/C=C/CC/C=C/CCCC. The molecule has 9 nitrogen and oxygen atoms in total. The van der Waals surface area contributed by atoms with Crippen molar-refractivity contribution in [1.29, 1.82) is 0 Å². The lowest BCUT2D eigenvalue weighted by Gasteiger charge is -2.40. The Balaban J connectivity index is 2.00. The van der Waals surface area contributed by atoms with Crippen molar-refractivity contribution in [2.45, 2.75) is 281 Å². The molecule has 70 heavy (non-hydrogen) atoms. The lowest BCUT2D eigenvalue weighted by molar-refractivity contribution is -0.302. The molecular formula is C61H107NO8. The van der Waals surface area contributed by atoms with Crippen molar-refractivity contribution in [3.63, 3.8) is 0 Å². The highest BCUT2D eigenvalue weighted by Gasteiger charge is 2.44. The maximum Gasteiger partial charge on any atom is 0.220 e. The Morgan fingerprint density at radius 1 is 0.500 bits per heavy atom. The largest absolute Gasteiger partial charge is 0.394 e. The molecule has 404 valence electrons. The summed E-state index contributed by atoms with van der Waals surface area (Å²) in [7, 11) is 0. The van der Waals surface area contributed by atoms with Gasteiger partial charge < -0.3 is 40.3 Å². The number of carbonyl (C=O) groups is 1. The van der Waals surface area contributed by atoms with Crippen LogP contribution in [0.15, 0.2) is 85.1 Å². The fourth-order valence-electron chi connectivity index (χ4n) is 8.66. The second-order valence-corrected chi connectivity index (χ2v) is 19.7. The second-order valence-electron chi connectivity index (χ2n) is 19.7. The number of rotatable bonds is 48. The Morgan fingerprint density at radius 3 is 1.37 bits per heavy atom. The molecule has 0 bridgehead atoms. The van der Waals surface area contributed by atoms with Crippen LogP contribution in [0.2, 0.25) is 0 Å². The Hall–Kier alpha value is -2.63. The molecule has 6 N–H and O–H groups in total. The fourth-order valence-corrected chi connectivity index (χ4v) is 8.66. The van der Waals surface area contributed by atoms with Gasteiger partial charge in [-0.05, 0) is 70.6 Å². The Labute approximate surface area is 429 Å². The van der Waals surface area contributed by atoms with Crippen LogP contribution in [0.4, 0.5) is 0 Å². The van der Waals surface area contributed by atoms with Crippen LogP contribution in [0.3, 0.4) is 0 Å². The summed E-state index contributed by atoms with van der Waals surface area (Å²) in [4.78, 5) is 13.0. The summed E-state index contributed by atoms with van der Waals surface area (Å²) in [5.41, 5.74) is 0. The van der Waals surface area contributed by atoms with Gasteiger partial charge in [-0.1, -0.05) is 247 Å². The summed E-state index contributed by atoms with van der Waals surface area (Å²) < 4.78 is 11.2. The van der Waals surface area contributed by atoms with E-state index in [4.69, 9.17) is 9.47 Å². The van der Waals surface area contributed by atoms with Crippen molar-refractivity contribution in [1.82, 2.24) is 5.32 Å². The zero-order valence-corrected chi connectivity index (χ0v) is 44.7. The molecule has 0 aromatic carbocycles. The van der Waals surface area contributed by atoms with E-state index < -0.39 is 49.5 Å². The van der Waals surface area contributed by atoms with E-state index in [1.54, 1.807) is 6.08 Å². The minimum absolute atomic E-state index is 0.190. The maximum atomic E-state index is 13.0. The number of ether oxygens (including phenoxy) is 2. The van der Waals surface area contributed by atoms with Crippen LogP contribution < -0.4 is 5.32 Å². The Kier molecular flexibility index (Phi) is 46.6. The average molecular weight is 983 g/mol. The van der Waals surface area contributed by atoms with Crippen LogP contribution in [-0.4, -0.2) is 87.5 Å². The van der Waals surface area contributed by atoms with E-state index >= 15 is 0 Å². The van der Waals surface area contributed by atoms with Crippen molar-refractivity contribution in [3.8, 4) is 0 Å². The summed E-state index contributed by atoms with van der Waals surface area (Å²) in [6, 6.07) is -0.820. The zero-order valence-electron chi connectivity index (χ0n) is 44.7. The minimum Gasteiger partial charge on any atom is -0.394 e. The number of aliphatic hydroxyl groups excluding tert-OH is 5. The predicted molar refractivity (Wildman–Crippen MR) is 295 cm³/mol. The second kappa shape index (κ2) is 49.9. The predicted octanol–water partition coefficient (Wildman–Crippen LogP) is 14.2. The fraction of sp³-hybridized carbons (Fsp3) is 0.754. The quantitative estimate of drug-likeness (QED) is 0.0261. The van der Waals surface area contributed by atoms with Crippen LogP contribution in [0.5, 0.6) is 0 Å². The van der Waals surface area contributed by atoms with E-state index in [1.807, 2.05) is 6.08 Å². The van der Waals surface area contributed by atoms with E-state index in [0.29, 0.717) is 6.42 Å². The molecule has 0 radical (unpaired) electrons. The number of nitrogens with one attached hydrogen (secondary N) is 1. The first-order valence-electron chi connectivity index (χ1n) is 28.8. The molecule has 0 saturated carbocycles. The van der Waals surface area contributed by atoms with Crippen LogP contribution in [-0.2, 0) is 14.3 Å². The van der Waals surface area contributed by atoms with Crippen molar-refractivity contribution in [3.05, 3.63) is 85.1 Å². The van der Waals surface area contributed by atoms with E-state index in [2.05, 4.69) is 92.1 Å². The van der Waals surface area contributed by atoms with Gasteiger partial charge in [0, 0.05) is 6.42 Å². The minimum atomic E-state index is -1.57. The number of hydrogen-bond donors (Lipinski definition) is 6. The van der Waals surface area contributed by atoms with Gasteiger partial charge in [0.25, 0.3) is 0 Å². The lowest BCUT2D eigenvalue weighted by atomic mass is 9.99. The summed E-state index contributed by atoms with van der Waals surface area (Å²) in [5.74, 6) is -0.190. The van der Waals surface area contributed by atoms with E-state index in [9.17, 15) is 30.3 Å². The van der Waals surface area contributed by atoms with Crippen LogP contribution >= 0.6 is 0 Å². The van der Waals surface area contributed by atoms with Gasteiger partial charge in [-0.3, -0.25) is 4.79 Å². The molecule has 0 aromatic rings. The third-order valence-corrected chi connectivity index (χ3v) is 13.2. The maximum absolute atomic E-state index is 13.0. The smallest absolute Gasteiger partial charge is 0.220 e. The molecule has 0 aliphatic carbocycles. The molecule has 1 heterocycles. The summed E-state index contributed by atoms with van der Waals surface area (Å²) in [6.07, 6.45) is 64.2. The average Bonchev–Trinajstić information content (AvgIpc) is 3.36. The molecule has 1 aliphatic rings. The highest BCUT2D eigenvalue weighted by molar-refractivity contribution is 5.76.